The van der Waals surface area contributed by atoms with Crippen molar-refractivity contribution in [3.05, 3.63) is 102 Å². The van der Waals surface area contributed by atoms with Crippen LogP contribution < -0.4 is 14.8 Å². The number of carbonyl (C=O) groups is 1. The largest absolute Gasteiger partial charge is 0.473 e. The Kier molecular flexibility index (Phi) is 7.53. The molecule has 0 radical (unpaired) electrons. The van der Waals surface area contributed by atoms with Gasteiger partial charge in [0.05, 0.1) is 4.90 Å². The zero-order valence-electron chi connectivity index (χ0n) is 16.8. The molecule has 0 aliphatic heterocycles. The molecule has 0 aliphatic carbocycles. The van der Waals surface area contributed by atoms with Crippen molar-refractivity contribution in [2.24, 2.45) is 0 Å². The number of ether oxygens (including phenoxy) is 1. The highest BCUT2D eigenvalue weighted by atomic mass is 32.2. The van der Waals surface area contributed by atoms with E-state index >= 15 is 0 Å². The van der Waals surface area contributed by atoms with Crippen LogP contribution in [0, 0.1) is 0 Å². The molecule has 0 bridgehead atoms. The molecule has 0 fully saturated rings. The van der Waals surface area contributed by atoms with E-state index in [9.17, 15) is 13.2 Å². The van der Waals surface area contributed by atoms with E-state index in [1.54, 1.807) is 18.3 Å². The molecule has 0 spiro atoms. The highest BCUT2D eigenvalue weighted by molar-refractivity contribution is 7.89. The standard InChI is InChI=1S/C23H23N3O4S/c1-2-13-26-31(28,29)21-10-8-20(9-11-21)23(27)25-16-19-12-14-24-22(15-19)30-17-18-6-4-3-5-7-18/h2-12,14-15,26H,1,13,16-17H2,(H,25,27). The van der Waals surface area contributed by atoms with E-state index < -0.39 is 10.0 Å². The van der Waals surface area contributed by atoms with Crippen molar-refractivity contribution in [3.8, 4) is 5.88 Å². The second-order valence-corrected chi connectivity index (χ2v) is 8.39. The van der Waals surface area contributed by atoms with Gasteiger partial charge in [0.1, 0.15) is 6.61 Å². The first kappa shape index (κ1) is 22.2. The van der Waals surface area contributed by atoms with Crippen LogP contribution in [0.15, 0.2) is 90.5 Å². The van der Waals surface area contributed by atoms with Gasteiger partial charge < -0.3 is 10.1 Å². The first-order valence-electron chi connectivity index (χ1n) is 9.58. The summed E-state index contributed by atoms with van der Waals surface area (Å²) in [4.78, 5) is 16.7. The summed E-state index contributed by atoms with van der Waals surface area (Å²) in [7, 11) is -3.62. The van der Waals surface area contributed by atoms with E-state index in [2.05, 4.69) is 21.6 Å². The molecule has 0 aliphatic rings. The molecule has 0 unspecified atom stereocenters. The van der Waals surface area contributed by atoms with Crippen molar-refractivity contribution in [2.45, 2.75) is 18.0 Å². The van der Waals surface area contributed by atoms with Crippen molar-refractivity contribution in [1.82, 2.24) is 15.0 Å². The van der Waals surface area contributed by atoms with Crippen molar-refractivity contribution in [2.75, 3.05) is 6.54 Å². The van der Waals surface area contributed by atoms with Crippen LogP contribution in [0.1, 0.15) is 21.5 Å². The minimum Gasteiger partial charge on any atom is -0.473 e. The van der Waals surface area contributed by atoms with Gasteiger partial charge in [-0.25, -0.2) is 18.1 Å². The van der Waals surface area contributed by atoms with E-state index in [1.807, 2.05) is 30.3 Å². The number of sulfonamides is 1. The minimum absolute atomic E-state index is 0.0836. The summed E-state index contributed by atoms with van der Waals surface area (Å²) in [5.41, 5.74) is 2.23. The minimum atomic E-state index is -3.62. The van der Waals surface area contributed by atoms with Crippen LogP contribution >= 0.6 is 0 Å². The molecular formula is C23H23N3O4S. The third-order valence-electron chi connectivity index (χ3n) is 4.33. The van der Waals surface area contributed by atoms with E-state index in [-0.39, 0.29) is 23.9 Å². The Morgan fingerprint density at radius 2 is 1.77 bits per heavy atom. The first-order valence-corrected chi connectivity index (χ1v) is 11.1. The number of nitrogens with one attached hydrogen (secondary N) is 2. The fourth-order valence-corrected chi connectivity index (χ4v) is 3.69. The molecule has 7 nitrogen and oxygen atoms in total. The lowest BCUT2D eigenvalue weighted by Gasteiger charge is -2.09. The average Bonchev–Trinajstić information content (AvgIpc) is 2.81. The lowest BCUT2D eigenvalue weighted by molar-refractivity contribution is 0.0950. The van der Waals surface area contributed by atoms with Crippen molar-refractivity contribution in [3.63, 3.8) is 0 Å². The fourth-order valence-electron chi connectivity index (χ4n) is 2.69. The Labute approximate surface area is 181 Å². The Morgan fingerprint density at radius 1 is 1.03 bits per heavy atom. The fraction of sp³-hybridized carbons (Fsp3) is 0.130. The molecule has 0 saturated carbocycles. The van der Waals surface area contributed by atoms with Crippen molar-refractivity contribution in [1.29, 1.82) is 0 Å². The summed E-state index contributed by atoms with van der Waals surface area (Å²) < 4.78 is 32.2. The molecule has 3 aromatic rings. The van der Waals surface area contributed by atoms with Gasteiger partial charge in [0, 0.05) is 30.9 Å². The normalized spacial score (nSPS) is 11.0. The van der Waals surface area contributed by atoms with Crippen molar-refractivity contribution < 1.29 is 17.9 Å². The number of pyridine rings is 1. The highest BCUT2D eigenvalue weighted by Gasteiger charge is 2.14. The zero-order chi connectivity index (χ0) is 22.1. The SMILES string of the molecule is C=CCNS(=O)(=O)c1ccc(C(=O)NCc2ccnc(OCc3ccccc3)c2)cc1. The van der Waals surface area contributed by atoms with E-state index in [0.29, 0.717) is 18.1 Å². The van der Waals surface area contributed by atoms with Gasteiger partial charge in [0.25, 0.3) is 5.91 Å². The van der Waals surface area contributed by atoms with E-state index in [4.69, 9.17) is 4.74 Å². The second kappa shape index (κ2) is 10.5. The van der Waals surface area contributed by atoms with Crippen LogP contribution in [-0.2, 0) is 23.2 Å². The number of aromatic nitrogens is 1. The van der Waals surface area contributed by atoms with Crippen LogP contribution in [0.4, 0.5) is 0 Å². The molecule has 1 aromatic heterocycles. The number of hydrogen-bond acceptors (Lipinski definition) is 5. The summed E-state index contributed by atoms with van der Waals surface area (Å²) in [5, 5.41) is 2.81. The van der Waals surface area contributed by atoms with Gasteiger partial charge >= 0.3 is 0 Å². The summed E-state index contributed by atoms with van der Waals surface area (Å²) in [6.45, 7) is 4.30. The number of benzene rings is 2. The molecule has 31 heavy (non-hydrogen) atoms. The molecule has 1 amide bonds. The Hall–Kier alpha value is -3.49. The quantitative estimate of drug-likeness (QED) is 0.475. The van der Waals surface area contributed by atoms with Gasteiger partial charge in [-0.2, -0.15) is 0 Å². The molecular weight excluding hydrogens is 414 g/mol. The van der Waals surface area contributed by atoms with E-state index in [1.165, 1.54) is 30.3 Å². The third-order valence-corrected chi connectivity index (χ3v) is 5.77. The maximum atomic E-state index is 12.4. The lowest BCUT2D eigenvalue weighted by Crippen LogP contribution is -2.24. The summed E-state index contributed by atoms with van der Waals surface area (Å²) in [6, 6.07) is 19.0. The number of hydrogen-bond donors (Lipinski definition) is 2. The van der Waals surface area contributed by atoms with Gasteiger partial charge in [-0.05, 0) is 41.5 Å². The maximum Gasteiger partial charge on any atom is 0.251 e. The maximum absolute atomic E-state index is 12.4. The van der Waals surface area contributed by atoms with Crippen LogP contribution in [-0.4, -0.2) is 25.9 Å². The van der Waals surface area contributed by atoms with Crippen LogP contribution in [0.2, 0.25) is 0 Å². The van der Waals surface area contributed by atoms with Crippen molar-refractivity contribution >= 4 is 15.9 Å². The van der Waals surface area contributed by atoms with E-state index in [0.717, 1.165) is 11.1 Å². The second-order valence-electron chi connectivity index (χ2n) is 6.62. The summed E-state index contributed by atoms with van der Waals surface area (Å²) in [6.07, 6.45) is 3.08. The smallest absolute Gasteiger partial charge is 0.251 e. The van der Waals surface area contributed by atoms with Gasteiger partial charge in [0.2, 0.25) is 15.9 Å². The predicted octanol–water partition coefficient (Wildman–Crippen LogP) is 3.05. The number of rotatable bonds is 10. The third kappa shape index (κ3) is 6.50. The van der Waals surface area contributed by atoms with Gasteiger partial charge in [-0.15, -0.1) is 6.58 Å². The number of amides is 1. The molecule has 8 heteroatoms. The number of carbonyl (C=O) groups excluding carboxylic acids is 1. The Bertz CT molecular complexity index is 1130. The highest BCUT2D eigenvalue weighted by Crippen LogP contribution is 2.13. The first-order chi connectivity index (χ1) is 15.0. The monoisotopic (exact) mass is 437 g/mol. The molecule has 0 atom stereocenters. The molecule has 2 N–H and O–H groups in total. The summed E-state index contributed by atoms with van der Waals surface area (Å²) in [5.74, 6) is 0.156. The zero-order valence-corrected chi connectivity index (χ0v) is 17.6. The predicted molar refractivity (Wildman–Crippen MR) is 118 cm³/mol. The van der Waals surface area contributed by atoms with Gasteiger partial charge in [-0.3, -0.25) is 4.79 Å². The molecule has 160 valence electrons. The average molecular weight is 438 g/mol. The molecule has 3 rings (SSSR count). The van der Waals surface area contributed by atoms with Crippen LogP contribution in [0.25, 0.3) is 0 Å². The lowest BCUT2D eigenvalue weighted by atomic mass is 10.2. The Morgan fingerprint density at radius 3 is 2.48 bits per heavy atom. The Balaban J connectivity index is 1.56. The molecule has 1 heterocycles. The van der Waals surface area contributed by atoms with Crippen LogP contribution in [0.5, 0.6) is 5.88 Å². The summed E-state index contributed by atoms with van der Waals surface area (Å²) >= 11 is 0. The molecule has 2 aromatic carbocycles. The van der Waals surface area contributed by atoms with Gasteiger partial charge in [-0.1, -0.05) is 36.4 Å². The molecule has 0 saturated heterocycles. The van der Waals surface area contributed by atoms with Crippen LogP contribution in [0.3, 0.4) is 0 Å². The number of nitrogens with zero attached hydrogens (tertiary/aromatic N) is 1. The topological polar surface area (TPSA) is 97.4 Å². The van der Waals surface area contributed by atoms with Gasteiger partial charge in [0.15, 0.2) is 0 Å².